The molecule has 1 aliphatic rings. The molecule has 1 fully saturated rings. The quantitative estimate of drug-likeness (QED) is 0.503. The van der Waals surface area contributed by atoms with Crippen molar-refractivity contribution in [2.75, 3.05) is 20.8 Å². The Bertz CT molecular complexity index is 1210. The first-order valence-electron chi connectivity index (χ1n) is 11.2. The third-order valence-electron chi connectivity index (χ3n) is 6.14. The van der Waals surface area contributed by atoms with Crippen LogP contribution in [0, 0.1) is 5.82 Å². The second-order valence-corrected chi connectivity index (χ2v) is 8.47. The number of likely N-dealkylation sites (tertiary alicyclic amines) is 1. The van der Waals surface area contributed by atoms with Crippen LogP contribution in [0.15, 0.2) is 66.7 Å². The molecule has 1 amide bonds. The van der Waals surface area contributed by atoms with Crippen molar-refractivity contribution in [3.8, 4) is 22.6 Å². The zero-order valence-electron chi connectivity index (χ0n) is 19.5. The number of nitrogens with one attached hydrogen (secondary N) is 1. The number of ether oxygens (including phenoxy) is 2. The minimum atomic E-state index is -0.528. The van der Waals surface area contributed by atoms with Crippen molar-refractivity contribution in [1.82, 2.24) is 10.2 Å². The van der Waals surface area contributed by atoms with Gasteiger partial charge in [-0.1, -0.05) is 30.3 Å². The molecule has 0 aliphatic carbocycles. The molecule has 35 heavy (non-hydrogen) atoms. The average Bonchev–Trinajstić information content (AvgIpc) is 3.26. The lowest BCUT2D eigenvalue weighted by Gasteiger charge is -2.22. The molecule has 2 N–H and O–H groups in total. The minimum Gasteiger partial charge on any atom is -0.504 e. The fourth-order valence-electron chi connectivity index (χ4n) is 4.38. The topological polar surface area (TPSA) is 88.1 Å². The number of nitrogens with zero attached hydrogens (tertiary/aromatic N) is 1. The van der Waals surface area contributed by atoms with Crippen molar-refractivity contribution in [3.63, 3.8) is 0 Å². The van der Waals surface area contributed by atoms with Gasteiger partial charge in [-0.05, 0) is 59.5 Å². The van der Waals surface area contributed by atoms with Gasteiger partial charge in [-0.2, -0.15) is 0 Å². The first kappa shape index (κ1) is 24.2. The van der Waals surface area contributed by atoms with Gasteiger partial charge in [-0.15, -0.1) is 0 Å². The summed E-state index contributed by atoms with van der Waals surface area (Å²) >= 11 is 0. The molecular weight excluding hydrogens is 451 g/mol. The summed E-state index contributed by atoms with van der Waals surface area (Å²) in [6.45, 7) is 0.833. The fourth-order valence-corrected chi connectivity index (χ4v) is 4.38. The van der Waals surface area contributed by atoms with Crippen LogP contribution in [-0.4, -0.2) is 54.7 Å². The monoisotopic (exact) mass is 478 g/mol. The standard InChI is InChI=1S/C27H27FN2O5/c1-34-25-11-6-17(12-24(25)31)15-30-16-22(14-23(30)27(33)35-2)29-26(32)20-5-3-4-19(13-20)18-7-9-21(28)10-8-18/h3-13,22-23,31H,14-16H2,1-2H3,(H,29,32)/t22-,23+/m1/s1. The molecule has 0 spiro atoms. The van der Waals surface area contributed by atoms with E-state index >= 15 is 0 Å². The Hall–Kier alpha value is -3.91. The van der Waals surface area contributed by atoms with Gasteiger partial charge >= 0.3 is 5.97 Å². The summed E-state index contributed by atoms with van der Waals surface area (Å²) in [6.07, 6.45) is 0.401. The van der Waals surface area contributed by atoms with Crippen LogP contribution in [0.3, 0.4) is 0 Å². The number of halogens is 1. The first-order chi connectivity index (χ1) is 16.9. The van der Waals surface area contributed by atoms with E-state index in [2.05, 4.69) is 5.32 Å². The molecule has 8 heteroatoms. The Morgan fingerprint density at radius 3 is 2.51 bits per heavy atom. The summed E-state index contributed by atoms with van der Waals surface area (Å²) in [5, 5.41) is 13.1. The van der Waals surface area contributed by atoms with Crippen molar-refractivity contribution in [2.45, 2.75) is 25.0 Å². The maximum atomic E-state index is 13.3. The van der Waals surface area contributed by atoms with Gasteiger partial charge in [0.15, 0.2) is 11.5 Å². The highest BCUT2D eigenvalue weighted by Crippen LogP contribution is 2.29. The van der Waals surface area contributed by atoms with E-state index in [0.29, 0.717) is 30.8 Å². The lowest BCUT2D eigenvalue weighted by atomic mass is 10.0. The van der Waals surface area contributed by atoms with Gasteiger partial charge < -0.3 is 19.9 Å². The van der Waals surface area contributed by atoms with E-state index in [9.17, 15) is 19.1 Å². The number of methoxy groups -OCH3 is 2. The molecule has 182 valence electrons. The average molecular weight is 479 g/mol. The van der Waals surface area contributed by atoms with Crippen LogP contribution in [0.25, 0.3) is 11.1 Å². The number of esters is 1. The Morgan fingerprint density at radius 2 is 1.83 bits per heavy atom. The zero-order chi connectivity index (χ0) is 24.9. The van der Waals surface area contributed by atoms with Crippen LogP contribution >= 0.6 is 0 Å². The zero-order valence-corrected chi connectivity index (χ0v) is 19.5. The number of phenolic OH excluding ortho intramolecular Hbond substituents is 1. The van der Waals surface area contributed by atoms with E-state index in [4.69, 9.17) is 9.47 Å². The molecule has 1 aliphatic heterocycles. The highest BCUT2D eigenvalue weighted by Gasteiger charge is 2.38. The van der Waals surface area contributed by atoms with Gasteiger partial charge in [0.2, 0.25) is 0 Å². The minimum absolute atomic E-state index is 0.0182. The number of hydrogen-bond donors (Lipinski definition) is 2. The van der Waals surface area contributed by atoms with Crippen molar-refractivity contribution in [1.29, 1.82) is 0 Å². The Morgan fingerprint density at radius 1 is 1.06 bits per heavy atom. The highest BCUT2D eigenvalue weighted by atomic mass is 19.1. The van der Waals surface area contributed by atoms with E-state index in [1.165, 1.54) is 26.4 Å². The van der Waals surface area contributed by atoms with Crippen LogP contribution in [-0.2, 0) is 16.1 Å². The number of benzene rings is 3. The van der Waals surface area contributed by atoms with E-state index in [-0.39, 0.29) is 29.5 Å². The lowest BCUT2D eigenvalue weighted by Crippen LogP contribution is -2.37. The lowest BCUT2D eigenvalue weighted by molar-refractivity contribution is -0.146. The second kappa shape index (κ2) is 10.6. The van der Waals surface area contributed by atoms with Crippen LogP contribution in [0.4, 0.5) is 4.39 Å². The third kappa shape index (κ3) is 5.60. The molecule has 3 aromatic carbocycles. The summed E-state index contributed by atoms with van der Waals surface area (Å²) in [6, 6.07) is 17.5. The van der Waals surface area contributed by atoms with Crippen LogP contribution in [0.2, 0.25) is 0 Å². The van der Waals surface area contributed by atoms with Crippen molar-refractivity contribution < 1.29 is 28.6 Å². The number of carbonyl (C=O) groups is 2. The van der Waals surface area contributed by atoms with Crippen molar-refractivity contribution in [3.05, 3.63) is 83.7 Å². The number of rotatable bonds is 7. The second-order valence-electron chi connectivity index (χ2n) is 8.47. The molecule has 0 bridgehead atoms. The third-order valence-corrected chi connectivity index (χ3v) is 6.14. The fraction of sp³-hybridized carbons (Fsp3) is 0.259. The summed E-state index contributed by atoms with van der Waals surface area (Å²) < 4.78 is 23.3. The predicted molar refractivity (Wildman–Crippen MR) is 129 cm³/mol. The van der Waals surface area contributed by atoms with Gasteiger partial charge in [0, 0.05) is 24.7 Å². The van der Waals surface area contributed by atoms with Crippen LogP contribution in [0.1, 0.15) is 22.3 Å². The molecule has 1 heterocycles. The Labute approximate surface area is 203 Å². The van der Waals surface area contributed by atoms with E-state index in [1.807, 2.05) is 17.0 Å². The molecule has 0 unspecified atom stereocenters. The summed E-state index contributed by atoms with van der Waals surface area (Å²) in [7, 11) is 2.82. The molecular formula is C27H27FN2O5. The molecule has 0 saturated carbocycles. The summed E-state index contributed by atoms with van der Waals surface area (Å²) in [5.41, 5.74) is 2.88. The summed E-state index contributed by atoms with van der Waals surface area (Å²) in [4.78, 5) is 27.4. The molecule has 7 nitrogen and oxygen atoms in total. The van der Waals surface area contributed by atoms with Crippen LogP contribution < -0.4 is 10.1 Å². The highest BCUT2D eigenvalue weighted by molar-refractivity contribution is 5.95. The molecule has 0 radical (unpaired) electrons. The smallest absolute Gasteiger partial charge is 0.323 e. The maximum Gasteiger partial charge on any atom is 0.323 e. The van der Waals surface area contributed by atoms with Crippen molar-refractivity contribution >= 4 is 11.9 Å². The number of phenols is 1. The summed E-state index contributed by atoms with van der Waals surface area (Å²) in [5.74, 6) is -0.569. The van der Waals surface area contributed by atoms with E-state index < -0.39 is 6.04 Å². The van der Waals surface area contributed by atoms with E-state index in [1.54, 1.807) is 42.5 Å². The first-order valence-corrected chi connectivity index (χ1v) is 11.2. The predicted octanol–water partition coefficient (Wildman–Crippen LogP) is 3.75. The molecule has 4 rings (SSSR count). The number of carbonyl (C=O) groups excluding carboxylic acids is 2. The molecule has 2 atom stereocenters. The number of amides is 1. The number of aromatic hydroxyl groups is 1. The van der Waals surface area contributed by atoms with Crippen LogP contribution in [0.5, 0.6) is 11.5 Å². The largest absolute Gasteiger partial charge is 0.504 e. The Balaban J connectivity index is 1.47. The van der Waals surface area contributed by atoms with Gasteiger partial charge in [0.25, 0.3) is 5.91 Å². The van der Waals surface area contributed by atoms with E-state index in [0.717, 1.165) is 16.7 Å². The SMILES string of the molecule is COC(=O)[C@@H]1C[C@@H](NC(=O)c2cccc(-c3ccc(F)cc3)c2)CN1Cc1ccc(OC)c(O)c1. The molecule has 3 aromatic rings. The van der Waals surface area contributed by atoms with Gasteiger partial charge in [-0.25, -0.2) is 4.39 Å². The molecule has 1 saturated heterocycles. The van der Waals surface area contributed by atoms with Gasteiger partial charge in [0.1, 0.15) is 11.9 Å². The van der Waals surface area contributed by atoms with Gasteiger partial charge in [-0.3, -0.25) is 14.5 Å². The normalized spacial score (nSPS) is 17.7. The Kier molecular flexibility index (Phi) is 7.31. The molecule has 0 aromatic heterocycles. The maximum absolute atomic E-state index is 13.3. The van der Waals surface area contributed by atoms with Gasteiger partial charge in [0.05, 0.1) is 14.2 Å². The number of hydrogen-bond acceptors (Lipinski definition) is 6. The van der Waals surface area contributed by atoms with Crippen molar-refractivity contribution in [2.24, 2.45) is 0 Å².